The van der Waals surface area contributed by atoms with E-state index in [2.05, 4.69) is 10.1 Å². The summed E-state index contributed by atoms with van der Waals surface area (Å²) >= 11 is 0. The molecule has 0 fully saturated rings. The summed E-state index contributed by atoms with van der Waals surface area (Å²) in [5.74, 6) is -1.03. The van der Waals surface area contributed by atoms with Crippen LogP contribution in [0.15, 0.2) is 0 Å². The van der Waals surface area contributed by atoms with E-state index in [1.165, 1.54) is 6.26 Å². The molecule has 0 aromatic carbocycles. The Labute approximate surface area is 91.0 Å². The Morgan fingerprint density at radius 2 is 2.13 bits per heavy atom. The number of carbonyl (C=O) groups excluding carboxylic acids is 2. The van der Waals surface area contributed by atoms with Crippen LogP contribution in [-0.2, 0) is 25.1 Å². The van der Waals surface area contributed by atoms with Gasteiger partial charge in [-0.3, -0.25) is 9.00 Å². The van der Waals surface area contributed by atoms with Gasteiger partial charge in [-0.1, -0.05) is 0 Å². The van der Waals surface area contributed by atoms with Crippen LogP contribution in [0.2, 0.25) is 0 Å². The zero-order chi connectivity index (χ0) is 11.8. The monoisotopic (exact) mass is 236 g/mol. The second-order valence-corrected chi connectivity index (χ2v) is 4.35. The summed E-state index contributed by atoms with van der Waals surface area (Å²) in [4.78, 5) is 22.2. The van der Waals surface area contributed by atoms with Crippen molar-refractivity contribution in [1.29, 1.82) is 0 Å². The first-order chi connectivity index (χ1) is 6.99. The average molecular weight is 236 g/mol. The molecule has 15 heavy (non-hydrogen) atoms. The van der Waals surface area contributed by atoms with Crippen molar-refractivity contribution in [3.05, 3.63) is 0 Å². The third kappa shape index (κ3) is 6.19. The smallest absolute Gasteiger partial charge is 0.332 e. The highest BCUT2D eigenvalue weighted by Gasteiger charge is 2.22. The quantitative estimate of drug-likeness (QED) is 0.426. The summed E-state index contributed by atoms with van der Waals surface area (Å²) in [7, 11) is -0.981. The molecule has 0 saturated carbocycles. The van der Waals surface area contributed by atoms with Gasteiger partial charge in [0.05, 0.1) is 6.61 Å². The van der Waals surface area contributed by atoms with Crippen LogP contribution >= 0.6 is 0 Å². The fourth-order valence-electron chi connectivity index (χ4n) is 0.767. The van der Waals surface area contributed by atoms with Gasteiger partial charge in [0.25, 0.3) is 0 Å². The van der Waals surface area contributed by atoms with Crippen molar-refractivity contribution in [2.24, 2.45) is 5.73 Å². The van der Waals surface area contributed by atoms with Gasteiger partial charge in [-0.2, -0.15) is 0 Å². The van der Waals surface area contributed by atoms with Gasteiger partial charge >= 0.3 is 5.97 Å². The SMILES string of the molecule is CCOC(=O)C(N)C(=O)NCCS(C)=O. The zero-order valence-corrected chi connectivity index (χ0v) is 9.63. The van der Waals surface area contributed by atoms with Gasteiger partial charge in [-0.15, -0.1) is 0 Å². The Hall–Kier alpha value is -0.950. The van der Waals surface area contributed by atoms with Crippen molar-refractivity contribution in [3.63, 3.8) is 0 Å². The van der Waals surface area contributed by atoms with Crippen LogP contribution in [-0.4, -0.2) is 47.3 Å². The predicted octanol–water partition coefficient (Wildman–Crippen LogP) is -1.63. The van der Waals surface area contributed by atoms with E-state index in [4.69, 9.17) is 5.73 Å². The number of hydrogen-bond acceptors (Lipinski definition) is 5. The Morgan fingerprint density at radius 3 is 2.60 bits per heavy atom. The van der Waals surface area contributed by atoms with Gasteiger partial charge in [-0.05, 0) is 6.92 Å². The molecule has 0 aliphatic carbocycles. The van der Waals surface area contributed by atoms with Gasteiger partial charge in [0.1, 0.15) is 0 Å². The third-order valence-electron chi connectivity index (χ3n) is 1.51. The molecule has 0 saturated heterocycles. The number of esters is 1. The fraction of sp³-hybridized carbons (Fsp3) is 0.750. The minimum absolute atomic E-state index is 0.179. The number of ether oxygens (including phenoxy) is 1. The minimum atomic E-state index is -1.31. The topological polar surface area (TPSA) is 98.5 Å². The lowest BCUT2D eigenvalue weighted by molar-refractivity contribution is -0.147. The van der Waals surface area contributed by atoms with Gasteiger partial charge in [-0.25, -0.2) is 4.79 Å². The average Bonchev–Trinajstić information content (AvgIpc) is 2.16. The molecule has 0 aliphatic rings. The Bertz CT molecular complexity index is 257. The molecule has 88 valence electrons. The normalized spacial score (nSPS) is 14.1. The van der Waals surface area contributed by atoms with E-state index >= 15 is 0 Å². The lowest BCUT2D eigenvalue weighted by Gasteiger charge is -2.10. The van der Waals surface area contributed by atoms with E-state index in [0.717, 1.165) is 0 Å². The molecule has 0 aromatic rings. The first kappa shape index (κ1) is 14.1. The summed E-state index contributed by atoms with van der Waals surface area (Å²) in [5.41, 5.74) is 5.30. The number of rotatable bonds is 6. The van der Waals surface area contributed by atoms with E-state index in [-0.39, 0.29) is 13.2 Å². The van der Waals surface area contributed by atoms with Crippen molar-refractivity contribution in [2.75, 3.05) is 25.2 Å². The van der Waals surface area contributed by atoms with Crippen LogP contribution in [0, 0.1) is 0 Å². The molecular weight excluding hydrogens is 220 g/mol. The molecular formula is C8H16N2O4S. The molecule has 1 amide bonds. The van der Waals surface area contributed by atoms with E-state index in [1.807, 2.05) is 0 Å². The van der Waals surface area contributed by atoms with Crippen LogP contribution in [0.3, 0.4) is 0 Å². The van der Waals surface area contributed by atoms with Crippen LogP contribution in [0.4, 0.5) is 0 Å². The molecule has 0 radical (unpaired) electrons. The second-order valence-electron chi connectivity index (χ2n) is 2.80. The number of nitrogens with two attached hydrogens (primary N) is 1. The summed E-state index contributed by atoms with van der Waals surface area (Å²) in [6.07, 6.45) is 1.53. The fourth-order valence-corrected chi connectivity index (χ4v) is 1.16. The molecule has 0 aromatic heterocycles. The zero-order valence-electron chi connectivity index (χ0n) is 8.82. The van der Waals surface area contributed by atoms with Gasteiger partial charge in [0, 0.05) is 29.4 Å². The van der Waals surface area contributed by atoms with Crippen molar-refractivity contribution in [1.82, 2.24) is 5.32 Å². The maximum atomic E-state index is 11.2. The van der Waals surface area contributed by atoms with E-state index in [9.17, 15) is 13.8 Å². The van der Waals surface area contributed by atoms with Crippen molar-refractivity contribution in [2.45, 2.75) is 13.0 Å². The molecule has 0 bridgehead atoms. The molecule has 0 aliphatic heterocycles. The van der Waals surface area contributed by atoms with Crippen LogP contribution in [0.1, 0.15) is 6.92 Å². The highest BCUT2D eigenvalue weighted by atomic mass is 32.2. The summed E-state index contributed by atoms with van der Waals surface area (Å²) in [6, 6.07) is -1.31. The number of amides is 1. The van der Waals surface area contributed by atoms with Crippen LogP contribution < -0.4 is 11.1 Å². The highest BCUT2D eigenvalue weighted by Crippen LogP contribution is 1.86. The van der Waals surface area contributed by atoms with Crippen molar-refractivity contribution >= 4 is 22.7 Å². The van der Waals surface area contributed by atoms with Gasteiger partial charge in [0.2, 0.25) is 5.91 Å². The lowest BCUT2D eigenvalue weighted by atomic mass is 10.3. The Balaban J connectivity index is 3.88. The standard InChI is InChI=1S/C8H16N2O4S/c1-3-14-8(12)6(9)7(11)10-4-5-15(2)13/h6H,3-5,9H2,1-2H3,(H,10,11). The second kappa shape index (κ2) is 7.36. The van der Waals surface area contributed by atoms with Gasteiger partial charge in [0.15, 0.2) is 6.04 Å². The summed E-state index contributed by atoms with van der Waals surface area (Å²) in [5, 5.41) is 2.40. The maximum absolute atomic E-state index is 11.2. The Morgan fingerprint density at radius 1 is 1.53 bits per heavy atom. The number of hydrogen-bond donors (Lipinski definition) is 2. The van der Waals surface area contributed by atoms with Gasteiger partial charge < -0.3 is 15.8 Å². The molecule has 3 N–H and O–H groups in total. The molecule has 2 atom stereocenters. The summed E-state index contributed by atoms with van der Waals surface area (Å²) in [6.45, 7) is 2.04. The van der Waals surface area contributed by atoms with E-state index in [1.54, 1.807) is 6.92 Å². The number of nitrogens with one attached hydrogen (secondary N) is 1. The molecule has 7 heteroatoms. The highest BCUT2D eigenvalue weighted by molar-refractivity contribution is 7.84. The molecule has 0 heterocycles. The van der Waals surface area contributed by atoms with Crippen LogP contribution in [0.5, 0.6) is 0 Å². The lowest BCUT2D eigenvalue weighted by Crippen LogP contribution is -2.47. The predicted molar refractivity (Wildman–Crippen MR) is 56.6 cm³/mol. The Kier molecular flexibility index (Phi) is 6.89. The molecule has 2 unspecified atom stereocenters. The summed E-state index contributed by atoms with van der Waals surface area (Å²) < 4.78 is 15.2. The molecule has 0 spiro atoms. The van der Waals surface area contributed by atoms with E-state index < -0.39 is 28.7 Å². The first-order valence-electron chi connectivity index (χ1n) is 4.49. The maximum Gasteiger partial charge on any atom is 0.332 e. The van der Waals surface area contributed by atoms with Crippen molar-refractivity contribution < 1.29 is 18.5 Å². The number of carbonyl (C=O) groups is 2. The minimum Gasteiger partial charge on any atom is -0.464 e. The molecule has 6 nitrogen and oxygen atoms in total. The van der Waals surface area contributed by atoms with Crippen molar-refractivity contribution in [3.8, 4) is 0 Å². The largest absolute Gasteiger partial charge is 0.464 e. The molecule has 0 rings (SSSR count). The van der Waals surface area contributed by atoms with E-state index in [0.29, 0.717) is 5.75 Å². The third-order valence-corrected chi connectivity index (χ3v) is 2.29. The van der Waals surface area contributed by atoms with Crippen LogP contribution in [0.25, 0.3) is 0 Å². The first-order valence-corrected chi connectivity index (χ1v) is 6.21.